The summed E-state index contributed by atoms with van der Waals surface area (Å²) < 4.78 is 61.6. The Morgan fingerprint density at radius 3 is 2.26 bits per heavy atom. The molecule has 31 heavy (non-hydrogen) atoms. The largest absolute Gasteiger partial charge is 0.511 e. The van der Waals surface area contributed by atoms with E-state index >= 15 is 0 Å². The van der Waals surface area contributed by atoms with Crippen LogP contribution in [0.1, 0.15) is 37.8 Å². The second kappa shape index (κ2) is 11.2. The van der Waals surface area contributed by atoms with Crippen molar-refractivity contribution in [3.05, 3.63) is 35.4 Å². The van der Waals surface area contributed by atoms with E-state index < -0.39 is 15.5 Å². The fourth-order valence-electron chi connectivity index (χ4n) is 3.69. The van der Waals surface area contributed by atoms with E-state index in [-0.39, 0.29) is 48.4 Å². The lowest BCUT2D eigenvalue weighted by molar-refractivity contribution is -0.0496. The number of benzene rings is 1. The molecule has 6 nitrogen and oxygen atoms in total. The molecule has 0 bridgehead atoms. The maximum atomic E-state index is 12.7. The Bertz CT molecular complexity index is 852. The minimum absolute atomic E-state index is 0. The first kappa shape index (κ1) is 28.0. The molecule has 1 fully saturated rings. The first-order valence-electron chi connectivity index (χ1n) is 9.95. The number of nitrogens with one attached hydrogen (secondary N) is 2. The number of guanidine groups is 1. The van der Waals surface area contributed by atoms with Crippen LogP contribution in [-0.2, 0) is 15.4 Å². The van der Waals surface area contributed by atoms with Crippen LogP contribution in [0.15, 0.2) is 29.3 Å². The summed E-state index contributed by atoms with van der Waals surface area (Å²) in [6.07, 6.45) is 0.738. The maximum absolute atomic E-state index is 12.7. The molecule has 178 valence electrons. The number of sulfonamides is 1. The first-order valence-corrected chi connectivity index (χ1v) is 11.4. The maximum Gasteiger partial charge on any atom is 0.511 e. The van der Waals surface area contributed by atoms with Crippen LogP contribution in [0.3, 0.4) is 0 Å². The van der Waals surface area contributed by atoms with Crippen molar-refractivity contribution in [3.63, 3.8) is 0 Å². The molecule has 0 saturated carbocycles. The zero-order valence-electron chi connectivity index (χ0n) is 18.3. The van der Waals surface area contributed by atoms with Gasteiger partial charge in [-0.15, -0.1) is 24.0 Å². The van der Waals surface area contributed by atoms with Crippen molar-refractivity contribution in [2.75, 3.05) is 33.2 Å². The molecule has 0 aromatic heterocycles. The normalized spacial score (nSPS) is 17.2. The standard InChI is InChI=1S/C20H31F3N4O2S.HI/c1-15-7-5-6-8-17(15)19(2,3)14-26-18(24-4)25-13-16-9-11-27(12-10-16)30(28,29)20(21,22)23;/h5-8,16H,9-14H2,1-4H3,(H2,24,25,26);1H. The van der Waals surface area contributed by atoms with Gasteiger partial charge in [-0.2, -0.15) is 17.5 Å². The number of hydrogen-bond acceptors (Lipinski definition) is 3. The molecule has 0 aliphatic carbocycles. The Morgan fingerprint density at radius 2 is 1.74 bits per heavy atom. The fourth-order valence-corrected chi connectivity index (χ4v) is 4.68. The molecule has 1 aliphatic heterocycles. The van der Waals surface area contributed by atoms with Crippen LogP contribution in [0.5, 0.6) is 0 Å². The minimum Gasteiger partial charge on any atom is -0.356 e. The van der Waals surface area contributed by atoms with Crippen LogP contribution < -0.4 is 10.6 Å². The van der Waals surface area contributed by atoms with Gasteiger partial charge in [0, 0.05) is 38.6 Å². The van der Waals surface area contributed by atoms with Crippen molar-refractivity contribution in [1.82, 2.24) is 14.9 Å². The van der Waals surface area contributed by atoms with Crippen molar-refractivity contribution < 1.29 is 21.6 Å². The van der Waals surface area contributed by atoms with Crippen molar-refractivity contribution in [2.45, 2.75) is 44.5 Å². The average Bonchev–Trinajstić information content (AvgIpc) is 2.67. The number of rotatable bonds is 6. The zero-order valence-corrected chi connectivity index (χ0v) is 21.4. The van der Waals surface area contributed by atoms with Crippen LogP contribution in [-0.4, -0.2) is 57.4 Å². The van der Waals surface area contributed by atoms with Crippen molar-refractivity contribution in [3.8, 4) is 0 Å². The number of hydrogen-bond donors (Lipinski definition) is 2. The molecule has 1 aromatic rings. The number of halogens is 4. The van der Waals surface area contributed by atoms with E-state index in [1.54, 1.807) is 7.05 Å². The third-order valence-electron chi connectivity index (χ3n) is 5.56. The number of aliphatic imine (C=N–C) groups is 1. The van der Waals surface area contributed by atoms with Crippen LogP contribution in [0.2, 0.25) is 0 Å². The van der Waals surface area contributed by atoms with Gasteiger partial charge in [0.1, 0.15) is 0 Å². The molecule has 1 aliphatic rings. The molecule has 0 atom stereocenters. The summed E-state index contributed by atoms with van der Waals surface area (Å²) in [6, 6.07) is 8.21. The van der Waals surface area contributed by atoms with E-state index in [4.69, 9.17) is 0 Å². The number of nitrogens with zero attached hydrogens (tertiary/aromatic N) is 2. The summed E-state index contributed by atoms with van der Waals surface area (Å²) in [5.41, 5.74) is -2.91. The third kappa shape index (κ3) is 7.21. The van der Waals surface area contributed by atoms with Crippen LogP contribution >= 0.6 is 24.0 Å². The van der Waals surface area contributed by atoms with Gasteiger partial charge in [0.05, 0.1) is 0 Å². The monoisotopic (exact) mass is 576 g/mol. The summed E-state index contributed by atoms with van der Waals surface area (Å²) in [5.74, 6) is 0.689. The predicted molar refractivity (Wildman–Crippen MR) is 128 cm³/mol. The molecular weight excluding hydrogens is 544 g/mol. The Hall–Kier alpha value is -1.08. The van der Waals surface area contributed by atoms with Gasteiger partial charge in [-0.3, -0.25) is 4.99 Å². The average molecular weight is 576 g/mol. The topological polar surface area (TPSA) is 73.8 Å². The fraction of sp³-hybridized carbons (Fsp3) is 0.650. The quantitative estimate of drug-likeness (QED) is 0.309. The van der Waals surface area contributed by atoms with E-state index in [2.05, 4.69) is 48.5 Å². The molecule has 2 N–H and O–H groups in total. The minimum atomic E-state index is -5.24. The first-order chi connectivity index (χ1) is 13.9. The highest BCUT2D eigenvalue weighted by atomic mass is 127. The van der Waals surface area contributed by atoms with Gasteiger partial charge in [-0.25, -0.2) is 8.42 Å². The lowest BCUT2D eigenvalue weighted by Gasteiger charge is -2.32. The zero-order chi connectivity index (χ0) is 22.6. The van der Waals surface area contributed by atoms with Crippen molar-refractivity contribution >= 4 is 40.0 Å². The van der Waals surface area contributed by atoms with Crippen molar-refractivity contribution in [2.24, 2.45) is 10.9 Å². The van der Waals surface area contributed by atoms with Gasteiger partial charge in [-0.1, -0.05) is 38.1 Å². The third-order valence-corrected chi connectivity index (χ3v) is 7.19. The summed E-state index contributed by atoms with van der Waals surface area (Å²) in [5, 5.41) is 6.52. The Balaban J connectivity index is 0.00000480. The molecule has 2 rings (SSSR count). The van der Waals surface area contributed by atoms with Crippen LogP contribution in [0.4, 0.5) is 13.2 Å². The van der Waals surface area contributed by atoms with E-state index in [0.717, 1.165) is 0 Å². The molecule has 1 saturated heterocycles. The number of aryl methyl sites for hydroxylation is 1. The number of piperidine rings is 1. The van der Waals surface area contributed by atoms with Crippen molar-refractivity contribution in [1.29, 1.82) is 0 Å². The predicted octanol–water partition coefficient (Wildman–Crippen LogP) is 3.62. The highest BCUT2D eigenvalue weighted by Gasteiger charge is 2.50. The Kier molecular flexibility index (Phi) is 10.1. The van der Waals surface area contributed by atoms with E-state index in [9.17, 15) is 21.6 Å². The Morgan fingerprint density at radius 1 is 1.16 bits per heavy atom. The lowest BCUT2D eigenvalue weighted by Crippen LogP contribution is -2.48. The smallest absolute Gasteiger partial charge is 0.356 e. The molecule has 0 amide bonds. The van der Waals surface area contributed by atoms with Gasteiger partial charge in [-0.05, 0) is 36.8 Å². The summed E-state index contributed by atoms with van der Waals surface area (Å²) in [7, 11) is -3.58. The van der Waals surface area contributed by atoms with Gasteiger partial charge >= 0.3 is 15.5 Å². The van der Waals surface area contributed by atoms with E-state index in [0.29, 0.717) is 36.2 Å². The summed E-state index contributed by atoms with van der Waals surface area (Å²) in [6.45, 7) is 7.29. The van der Waals surface area contributed by atoms with E-state index in [1.807, 2.05) is 12.1 Å². The molecule has 0 unspecified atom stereocenters. The summed E-state index contributed by atoms with van der Waals surface area (Å²) in [4.78, 5) is 4.22. The van der Waals surface area contributed by atoms with Gasteiger partial charge in [0.15, 0.2) is 5.96 Å². The highest BCUT2D eigenvalue weighted by molar-refractivity contribution is 14.0. The van der Waals surface area contributed by atoms with Gasteiger partial charge < -0.3 is 10.6 Å². The van der Waals surface area contributed by atoms with Gasteiger partial charge in [0.2, 0.25) is 0 Å². The Labute approximate surface area is 200 Å². The van der Waals surface area contributed by atoms with Gasteiger partial charge in [0.25, 0.3) is 0 Å². The lowest BCUT2D eigenvalue weighted by atomic mass is 9.82. The molecule has 1 heterocycles. The molecular formula is C20H32F3IN4O2S. The second-order valence-corrected chi connectivity index (χ2v) is 10.2. The molecule has 11 heteroatoms. The molecule has 1 aromatic carbocycles. The highest BCUT2D eigenvalue weighted by Crippen LogP contribution is 2.30. The molecule has 0 spiro atoms. The van der Waals surface area contributed by atoms with Crippen LogP contribution in [0.25, 0.3) is 0 Å². The number of alkyl halides is 3. The van der Waals surface area contributed by atoms with Crippen LogP contribution in [0, 0.1) is 12.8 Å². The SMILES string of the molecule is CN=C(NCC1CCN(S(=O)(=O)C(F)(F)F)CC1)NCC(C)(C)c1ccccc1C.I. The molecule has 0 radical (unpaired) electrons. The summed E-state index contributed by atoms with van der Waals surface area (Å²) >= 11 is 0. The second-order valence-electron chi connectivity index (χ2n) is 8.30. The van der Waals surface area contributed by atoms with E-state index in [1.165, 1.54) is 11.1 Å².